The number of carbonyl (C=O) groups excluding carboxylic acids is 1. The fourth-order valence-electron chi connectivity index (χ4n) is 4.27. The zero-order valence-corrected chi connectivity index (χ0v) is 19.7. The van der Waals surface area contributed by atoms with Gasteiger partial charge in [0.15, 0.2) is 0 Å². The van der Waals surface area contributed by atoms with Crippen molar-refractivity contribution in [3.8, 4) is 22.5 Å². The van der Waals surface area contributed by atoms with Gasteiger partial charge in [-0.2, -0.15) is 5.10 Å². The van der Waals surface area contributed by atoms with E-state index in [-0.39, 0.29) is 12.1 Å². The lowest BCUT2D eigenvalue weighted by atomic mass is 10.1. The molecule has 1 fully saturated rings. The van der Waals surface area contributed by atoms with Crippen molar-refractivity contribution < 1.29 is 13.9 Å². The summed E-state index contributed by atoms with van der Waals surface area (Å²) in [7, 11) is 0. The number of ether oxygens (including phenoxy) is 1. The predicted molar refractivity (Wildman–Crippen MR) is 131 cm³/mol. The van der Waals surface area contributed by atoms with Crippen LogP contribution in [0.4, 0.5) is 10.6 Å². The third-order valence-corrected chi connectivity index (χ3v) is 6.03. The molecule has 0 unspecified atom stereocenters. The van der Waals surface area contributed by atoms with E-state index in [1.54, 1.807) is 11.1 Å². The minimum absolute atomic E-state index is 0.226. The van der Waals surface area contributed by atoms with Gasteiger partial charge in [0.25, 0.3) is 0 Å². The van der Waals surface area contributed by atoms with Crippen molar-refractivity contribution in [3.05, 3.63) is 55.0 Å². The molecule has 0 radical (unpaired) electrons. The molecule has 0 saturated carbocycles. The Morgan fingerprint density at radius 2 is 1.88 bits per heavy atom. The maximum absolute atomic E-state index is 12.3. The lowest BCUT2D eigenvalue weighted by Gasteiger charge is -2.33. The first-order valence-electron chi connectivity index (χ1n) is 11.5. The summed E-state index contributed by atoms with van der Waals surface area (Å²) in [5.41, 5.74) is 9.14. The molecular formula is C26H29N5O3. The number of anilines is 1. The van der Waals surface area contributed by atoms with Gasteiger partial charge in [0, 0.05) is 42.0 Å². The molecule has 34 heavy (non-hydrogen) atoms. The molecule has 1 aromatic carbocycles. The number of carbonyl (C=O) groups is 1. The molecule has 8 nitrogen and oxygen atoms in total. The highest BCUT2D eigenvalue weighted by molar-refractivity contribution is 5.86. The molecule has 4 heterocycles. The molecule has 1 aliphatic rings. The van der Waals surface area contributed by atoms with Gasteiger partial charge in [0.2, 0.25) is 0 Å². The second-order valence-electron chi connectivity index (χ2n) is 9.71. The number of amides is 1. The maximum Gasteiger partial charge on any atom is 0.410 e. The molecule has 176 valence electrons. The first-order valence-corrected chi connectivity index (χ1v) is 11.5. The Balaban J connectivity index is 1.32. The number of hydrogen-bond acceptors (Lipinski definition) is 6. The first-order chi connectivity index (χ1) is 16.3. The normalized spacial score (nSPS) is 15.1. The molecule has 4 aromatic rings. The van der Waals surface area contributed by atoms with Crippen molar-refractivity contribution in [2.45, 2.75) is 45.3 Å². The Kier molecular flexibility index (Phi) is 5.51. The molecule has 0 aliphatic carbocycles. The molecule has 0 atom stereocenters. The van der Waals surface area contributed by atoms with Gasteiger partial charge in [-0.3, -0.25) is 4.68 Å². The third kappa shape index (κ3) is 4.48. The van der Waals surface area contributed by atoms with E-state index in [4.69, 9.17) is 14.9 Å². The monoisotopic (exact) mass is 459 g/mol. The van der Waals surface area contributed by atoms with Gasteiger partial charge >= 0.3 is 6.09 Å². The molecule has 1 amide bonds. The summed E-state index contributed by atoms with van der Waals surface area (Å²) in [4.78, 5) is 18.5. The number of furan rings is 1. The number of para-hydroxylation sites is 1. The van der Waals surface area contributed by atoms with Gasteiger partial charge < -0.3 is 19.8 Å². The molecule has 5 rings (SSSR count). The molecular weight excluding hydrogens is 430 g/mol. The summed E-state index contributed by atoms with van der Waals surface area (Å²) in [6, 6.07) is 12.1. The number of benzene rings is 1. The minimum atomic E-state index is -0.487. The fraction of sp³-hybridized carbons (Fsp3) is 0.346. The van der Waals surface area contributed by atoms with Crippen LogP contribution in [0, 0.1) is 0 Å². The summed E-state index contributed by atoms with van der Waals surface area (Å²) in [6.07, 6.45) is 7.03. The van der Waals surface area contributed by atoms with Gasteiger partial charge in [-0.25, -0.2) is 9.78 Å². The van der Waals surface area contributed by atoms with E-state index in [2.05, 4.69) is 10.1 Å². The standard InChI is InChI=1S/C26H29N5O3/c1-26(2,3)34-25(32)30-10-8-20(9-11-30)31-16-19(15-29-31)18-12-21(24(27)28-14-18)23-13-17-6-4-5-7-22(17)33-23/h4-7,12-16,20H,8-11H2,1-3H3,(H2,27,28). The average Bonchev–Trinajstić information content (AvgIpc) is 3.46. The third-order valence-electron chi connectivity index (χ3n) is 6.03. The van der Waals surface area contributed by atoms with Crippen LogP contribution in [-0.4, -0.2) is 44.4 Å². The summed E-state index contributed by atoms with van der Waals surface area (Å²) in [5.74, 6) is 1.11. The smallest absolute Gasteiger partial charge is 0.410 e. The molecule has 2 N–H and O–H groups in total. The minimum Gasteiger partial charge on any atom is -0.456 e. The Morgan fingerprint density at radius 3 is 2.62 bits per heavy atom. The highest BCUT2D eigenvalue weighted by atomic mass is 16.6. The number of rotatable bonds is 3. The molecule has 1 aliphatic heterocycles. The van der Waals surface area contributed by atoms with Crippen LogP contribution < -0.4 is 5.73 Å². The quantitative estimate of drug-likeness (QED) is 0.433. The number of fused-ring (bicyclic) bond motifs is 1. The van der Waals surface area contributed by atoms with Crippen molar-refractivity contribution in [2.24, 2.45) is 0 Å². The Hall–Kier alpha value is -3.81. The average molecular weight is 460 g/mol. The number of nitrogens with two attached hydrogens (primary N) is 1. The molecule has 0 spiro atoms. The van der Waals surface area contributed by atoms with Crippen LogP contribution in [0.1, 0.15) is 39.7 Å². The molecule has 3 aromatic heterocycles. The van der Waals surface area contributed by atoms with Crippen LogP contribution in [0.3, 0.4) is 0 Å². The van der Waals surface area contributed by atoms with Gasteiger partial charge in [-0.15, -0.1) is 0 Å². The van der Waals surface area contributed by atoms with E-state index in [9.17, 15) is 4.79 Å². The van der Waals surface area contributed by atoms with Crippen LogP contribution in [0.2, 0.25) is 0 Å². The van der Waals surface area contributed by atoms with E-state index >= 15 is 0 Å². The Labute approximate surface area is 198 Å². The van der Waals surface area contributed by atoms with E-state index in [1.807, 2.05) is 74.2 Å². The lowest BCUT2D eigenvalue weighted by Crippen LogP contribution is -2.42. The highest BCUT2D eigenvalue weighted by Gasteiger charge is 2.28. The van der Waals surface area contributed by atoms with Crippen LogP contribution >= 0.6 is 0 Å². The van der Waals surface area contributed by atoms with Gasteiger partial charge in [0.1, 0.15) is 22.8 Å². The van der Waals surface area contributed by atoms with Crippen molar-refractivity contribution in [1.82, 2.24) is 19.7 Å². The number of nitrogen functional groups attached to an aromatic ring is 1. The molecule has 1 saturated heterocycles. The van der Waals surface area contributed by atoms with Crippen molar-refractivity contribution in [1.29, 1.82) is 0 Å². The summed E-state index contributed by atoms with van der Waals surface area (Å²) in [5, 5.41) is 5.63. The van der Waals surface area contributed by atoms with Crippen molar-refractivity contribution >= 4 is 22.9 Å². The van der Waals surface area contributed by atoms with Crippen molar-refractivity contribution in [2.75, 3.05) is 18.8 Å². The predicted octanol–water partition coefficient (Wildman–Crippen LogP) is 5.51. The summed E-state index contributed by atoms with van der Waals surface area (Å²) in [6.45, 7) is 6.95. The van der Waals surface area contributed by atoms with Crippen LogP contribution in [0.25, 0.3) is 33.4 Å². The maximum atomic E-state index is 12.3. The van der Waals surface area contributed by atoms with Crippen molar-refractivity contribution in [3.63, 3.8) is 0 Å². The number of hydrogen-bond donors (Lipinski definition) is 1. The van der Waals surface area contributed by atoms with Crippen LogP contribution in [0.15, 0.2) is 59.4 Å². The first kappa shape index (κ1) is 22.0. The van der Waals surface area contributed by atoms with Crippen LogP contribution in [0.5, 0.6) is 0 Å². The number of aromatic nitrogens is 3. The Morgan fingerprint density at radius 1 is 1.12 bits per heavy atom. The zero-order valence-electron chi connectivity index (χ0n) is 19.7. The molecule has 0 bridgehead atoms. The number of pyridine rings is 1. The largest absolute Gasteiger partial charge is 0.456 e. The SMILES string of the molecule is CC(C)(C)OC(=O)N1CCC(n2cc(-c3cnc(N)c(-c4cc5ccccc5o4)c3)cn2)CC1. The number of likely N-dealkylation sites (tertiary alicyclic amines) is 1. The van der Waals surface area contributed by atoms with E-state index in [0.717, 1.165) is 40.5 Å². The second kappa shape index (κ2) is 8.52. The zero-order chi connectivity index (χ0) is 23.9. The van der Waals surface area contributed by atoms with E-state index in [1.165, 1.54) is 0 Å². The van der Waals surface area contributed by atoms with E-state index in [0.29, 0.717) is 24.7 Å². The highest BCUT2D eigenvalue weighted by Crippen LogP contribution is 2.34. The fourth-order valence-corrected chi connectivity index (χ4v) is 4.27. The van der Waals surface area contributed by atoms with Gasteiger partial charge in [0.05, 0.1) is 17.8 Å². The summed E-state index contributed by atoms with van der Waals surface area (Å²) >= 11 is 0. The van der Waals surface area contributed by atoms with Gasteiger partial charge in [-0.05, 0) is 51.8 Å². The second-order valence-corrected chi connectivity index (χ2v) is 9.71. The van der Waals surface area contributed by atoms with E-state index < -0.39 is 5.60 Å². The van der Waals surface area contributed by atoms with Crippen LogP contribution in [-0.2, 0) is 4.74 Å². The van der Waals surface area contributed by atoms with Gasteiger partial charge in [-0.1, -0.05) is 18.2 Å². The molecule has 8 heteroatoms. The number of nitrogens with zero attached hydrogens (tertiary/aromatic N) is 4. The topological polar surface area (TPSA) is 99.4 Å². The summed E-state index contributed by atoms with van der Waals surface area (Å²) < 4.78 is 13.5. The number of piperidine rings is 1. The lowest BCUT2D eigenvalue weighted by molar-refractivity contribution is 0.0185. The Bertz CT molecular complexity index is 1290.